The predicted octanol–water partition coefficient (Wildman–Crippen LogP) is 2.77. The minimum Gasteiger partial charge on any atom is -0.339 e. The summed E-state index contributed by atoms with van der Waals surface area (Å²) in [6, 6.07) is 4.13. The molecule has 0 N–H and O–H groups in total. The van der Waals surface area contributed by atoms with Gasteiger partial charge in [-0.2, -0.15) is 5.26 Å². The Labute approximate surface area is 107 Å². The summed E-state index contributed by atoms with van der Waals surface area (Å²) in [5.74, 6) is -0.0421. The molecule has 1 aliphatic rings. The highest BCUT2D eigenvalue weighted by Crippen LogP contribution is 2.46. The molecule has 1 fully saturated rings. The van der Waals surface area contributed by atoms with Crippen molar-refractivity contribution < 1.29 is 4.79 Å². The largest absolute Gasteiger partial charge is 0.339 e. The van der Waals surface area contributed by atoms with E-state index in [1.165, 1.54) is 0 Å². The molecule has 1 saturated carbocycles. The molecule has 5 heteroatoms. The summed E-state index contributed by atoms with van der Waals surface area (Å²) < 4.78 is 1.04. The van der Waals surface area contributed by atoms with Gasteiger partial charge in [0, 0.05) is 21.8 Å². The van der Waals surface area contributed by atoms with Crippen LogP contribution in [-0.2, 0) is 11.3 Å². The second-order valence-electron chi connectivity index (χ2n) is 4.09. The highest BCUT2D eigenvalue weighted by atomic mass is 79.9. The van der Waals surface area contributed by atoms with E-state index < -0.39 is 5.41 Å². The van der Waals surface area contributed by atoms with Crippen molar-refractivity contribution in [2.75, 3.05) is 7.05 Å². The number of rotatable bonds is 3. The molecular formula is C11H11BrN2OS. The molecule has 16 heavy (non-hydrogen) atoms. The first-order valence-corrected chi connectivity index (χ1v) is 6.64. The monoisotopic (exact) mass is 298 g/mol. The Morgan fingerprint density at radius 1 is 1.75 bits per heavy atom. The van der Waals surface area contributed by atoms with E-state index in [1.54, 1.807) is 23.3 Å². The molecular weight excluding hydrogens is 288 g/mol. The summed E-state index contributed by atoms with van der Waals surface area (Å²) >= 11 is 4.99. The van der Waals surface area contributed by atoms with E-state index in [1.807, 2.05) is 11.4 Å². The Hall–Kier alpha value is -0.860. The average molecular weight is 299 g/mol. The molecule has 0 aromatic carbocycles. The predicted molar refractivity (Wildman–Crippen MR) is 65.8 cm³/mol. The molecule has 2 rings (SSSR count). The van der Waals surface area contributed by atoms with E-state index in [-0.39, 0.29) is 5.91 Å². The van der Waals surface area contributed by atoms with Crippen LogP contribution in [0.3, 0.4) is 0 Å². The maximum Gasteiger partial charge on any atom is 0.243 e. The fourth-order valence-electron chi connectivity index (χ4n) is 1.61. The zero-order chi connectivity index (χ0) is 11.8. The molecule has 1 aromatic heterocycles. The van der Waals surface area contributed by atoms with Crippen molar-refractivity contribution in [3.63, 3.8) is 0 Å². The van der Waals surface area contributed by atoms with E-state index in [4.69, 9.17) is 5.26 Å². The minimum atomic E-state index is -0.705. The first kappa shape index (κ1) is 11.6. The molecule has 1 amide bonds. The number of carbonyl (C=O) groups excluding carboxylic acids is 1. The molecule has 0 unspecified atom stereocenters. The maximum atomic E-state index is 12.0. The Morgan fingerprint density at radius 2 is 2.44 bits per heavy atom. The van der Waals surface area contributed by atoms with Crippen LogP contribution in [0.5, 0.6) is 0 Å². The summed E-state index contributed by atoms with van der Waals surface area (Å²) in [5.41, 5.74) is -0.705. The smallest absolute Gasteiger partial charge is 0.243 e. The van der Waals surface area contributed by atoms with Crippen LogP contribution in [0.4, 0.5) is 0 Å². The Bertz CT molecular complexity index is 459. The minimum absolute atomic E-state index is 0.0421. The second kappa shape index (κ2) is 4.19. The molecule has 1 heterocycles. The van der Waals surface area contributed by atoms with Gasteiger partial charge >= 0.3 is 0 Å². The topological polar surface area (TPSA) is 44.1 Å². The van der Waals surface area contributed by atoms with Crippen LogP contribution in [0, 0.1) is 16.7 Å². The number of hydrogen-bond acceptors (Lipinski definition) is 3. The van der Waals surface area contributed by atoms with Crippen LogP contribution < -0.4 is 0 Å². The Kier molecular flexibility index (Phi) is 3.04. The maximum absolute atomic E-state index is 12.0. The number of halogens is 1. The van der Waals surface area contributed by atoms with Gasteiger partial charge in [0.05, 0.1) is 12.6 Å². The molecule has 3 nitrogen and oxygen atoms in total. The molecule has 0 bridgehead atoms. The summed E-state index contributed by atoms with van der Waals surface area (Å²) in [7, 11) is 1.76. The number of nitriles is 1. The molecule has 84 valence electrons. The van der Waals surface area contributed by atoms with E-state index in [2.05, 4.69) is 22.0 Å². The summed E-state index contributed by atoms with van der Waals surface area (Å²) in [6.45, 7) is 0.582. The van der Waals surface area contributed by atoms with Crippen LogP contribution in [0.15, 0.2) is 15.9 Å². The summed E-state index contributed by atoms with van der Waals surface area (Å²) in [6.07, 6.45) is 1.42. The van der Waals surface area contributed by atoms with Crippen LogP contribution in [0.1, 0.15) is 17.7 Å². The van der Waals surface area contributed by atoms with Crippen molar-refractivity contribution in [1.82, 2.24) is 4.90 Å². The molecule has 1 aliphatic carbocycles. The van der Waals surface area contributed by atoms with Crippen molar-refractivity contribution in [3.05, 3.63) is 20.8 Å². The molecule has 0 spiro atoms. The van der Waals surface area contributed by atoms with Crippen molar-refractivity contribution in [2.45, 2.75) is 19.4 Å². The van der Waals surface area contributed by atoms with Gasteiger partial charge in [0.2, 0.25) is 5.91 Å². The number of thiophene rings is 1. The van der Waals surface area contributed by atoms with Gasteiger partial charge < -0.3 is 4.90 Å². The Balaban J connectivity index is 2.01. The second-order valence-corrected chi connectivity index (χ2v) is 6.00. The van der Waals surface area contributed by atoms with Gasteiger partial charge in [-0.1, -0.05) is 0 Å². The normalized spacial score (nSPS) is 16.6. The zero-order valence-corrected chi connectivity index (χ0v) is 11.3. The lowest BCUT2D eigenvalue weighted by Crippen LogP contribution is -2.32. The number of carbonyl (C=O) groups is 1. The highest BCUT2D eigenvalue weighted by molar-refractivity contribution is 9.10. The third-order valence-corrected chi connectivity index (χ3v) is 4.42. The van der Waals surface area contributed by atoms with Gasteiger partial charge in [0.25, 0.3) is 0 Å². The van der Waals surface area contributed by atoms with Crippen LogP contribution in [-0.4, -0.2) is 17.9 Å². The first-order valence-electron chi connectivity index (χ1n) is 4.97. The van der Waals surface area contributed by atoms with Gasteiger partial charge in [-0.3, -0.25) is 4.79 Å². The van der Waals surface area contributed by atoms with Crippen molar-refractivity contribution >= 4 is 33.2 Å². The van der Waals surface area contributed by atoms with Gasteiger partial charge in [0.1, 0.15) is 5.41 Å². The summed E-state index contributed by atoms with van der Waals surface area (Å²) in [5, 5.41) is 10.9. The van der Waals surface area contributed by atoms with Crippen molar-refractivity contribution in [3.8, 4) is 6.07 Å². The summed E-state index contributed by atoms with van der Waals surface area (Å²) in [4.78, 5) is 14.7. The zero-order valence-electron chi connectivity index (χ0n) is 8.86. The van der Waals surface area contributed by atoms with Gasteiger partial charge in [-0.25, -0.2) is 0 Å². The van der Waals surface area contributed by atoms with E-state index in [0.29, 0.717) is 19.4 Å². The lowest BCUT2D eigenvalue weighted by molar-refractivity contribution is -0.134. The van der Waals surface area contributed by atoms with E-state index in [0.717, 1.165) is 9.35 Å². The van der Waals surface area contributed by atoms with Crippen molar-refractivity contribution in [1.29, 1.82) is 5.26 Å². The molecule has 0 saturated heterocycles. The third-order valence-electron chi connectivity index (χ3n) is 2.73. The first-order chi connectivity index (χ1) is 7.57. The van der Waals surface area contributed by atoms with Gasteiger partial charge in [-0.05, 0) is 34.8 Å². The van der Waals surface area contributed by atoms with Crippen molar-refractivity contribution in [2.24, 2.45) is 5.41 Å². The molecule has 1 aromatic rings. The van der Waals surface area contributed by atoms with Crippen LogP contribution in [0.25, 0.3) is 0 Å². The number of hydrogen-bond donors (Lipinski definition) is 0. The Morgan fingerprint density at radius 3 is 2.88 bits per heavy atom. The third kappa shape index (κ3) is 2.13. The number of amides is 1. The standard InChI is InChI=1S/C11H11BrN2OS/c1-14(5-9-4-8(12)6-16-9)10(15)11(7-13)2-3-11/h4,6H,2-3,5H2,1H3. The van der Waals surface area contributed by atoms with Gasteiger partial charge in [0.15, 0.2) is 0 Å². The average Bonchev–Trinajstić information content (AvgIpc) is 2.97. The highest BCUT2D eigenvalue weighted by Gasteiger charge is 2.51. The van der Waals surface area contributed by atoms with Gasteiger partial charge in [-0.15, -0.1) is 11.3 Å². The molecule has 0 aliphatic heterocycles. The molecule has 0 atom stereocenters. The van der Waals surface area contributed by atoms with E-state index >= 15 is 0 Å². The number of nitrogens with zero attached hydrogens (tertiary/aromatic N) is 2. The fraction of sp³-hybridized carbons (Fsp3) is 0.455. The van der Waals surface area contributed by atoms with Crippen LogP contribution in [0.2, 0.25) is 0 Å². The van der Waals surface area contributed by atoms with E-state index in [9.17, 15) is 4.79 Å². The molecule has 0 radical (unpaired) electrons. The lowest BCUT2D eigenvalue weighted by Gasteiger charge is -2.18. The lowest BCUT2D eigenvalue weighted by atomic mass is 10.1. The fourth-order valence-corrected chi connectivity index (χ4v) is 3.11. The SMILES string of the molecule is CN(Cc1cc(Br)cs1)C(=O)C1(C#N)CC1. The quantitative estimate of drug-likeness (QED) is 0.861. The van der Waals surface area contributed by atoms with Crippen LogP contribution >= 0.6 is 27.3 Å².